The van der Waals surface area contributed by atoms with Crippen LogP contribution in [0.5, 0.6) is 28.7 Å². The van der Waals surface area contributed by atoms with Crippen LogP contribution in [0.1, 0.15) is 108 Å². The molecular formula is C43H54O17. The van der Waals surface area contributed by atoms with E-state index in [9.17, 15) is 29.1 Å². The summed E-state index contributed by atoms with van der Waals surface area (Å²) in [6.45, 7) is 6.59. The molecule has 0 unspecified atom stereocenters. The molecule has 0 bridgehead atoms. The molecule has 3 heterocycles. The van der Waals surface area contributed by atoms with Gasteiger partial charge in [0.05, 0.1) is 32.8 Å². The quantitative estimate of drug-likeness (QED) is 0.149. The Morgan fingerprint density at radius 2 is 1.23 bits per heavy atom. The summed E-state index contributed by atoms with van der Waals surface area (Å²) in [5, 5.41) is 10.8. The Balaban J connectivity index is 1.49. The van der Waals surface area contributed by atoms with E-state index >= 15 is 0 Å². The number of carbonyl (C=O) groups excluding carboxylic acids is 5. The van der Waals surface area contributed by atoms with Crippen LogP contribution in [0.4, 0.5) is 0 Å². The van der Waals surface area contributed by atoms with E-state index in [2.05, 4.69) is 0 Å². The van der Waals surface area contributed by atoms with Gasteiger partial charge >= 0.3 is 29.8 Å². The monoisotopic (exact) mass is 842 g/mol. The van der Waals surface area contributed by atoms with Crippen molar-refractivity contribution in [1.82, 2.24) is 0 Å². The Morgan fingerprint density at radius 1 is 0.700 bits per heavy atom. The lowest BCUT2D eigenvalue weighted by atomic mass is 9.66. The standard InChI is InChI=1S/C43H54O17/c1-7-11-31(44)52-20-30-39(57-32(45)12-8-2)40(58-33(46)13-9-3)41(59-34(47)14-10-4)43(56-30)60-38-24-18-27-26(54-21-55-27)17-23(24)35(36-25(38)19-53-42(36)49)22-15-28(50-5)37(48)29(16-22)51-6/h15-18,25,30,35-36,38-41,43,48H,7-14,19-21H2,1-6H3/t25-,30+,35+,36-,38+,39-,40-,41+,43+/m0/s1. The number of carbonyl (C=O) groups is 5. The van der Waals surface area contributed by atoms with Gasteiger partial charge in [0.15, 0.2) is 47.6 Å². The molecule has 9 atom stereocenters. The Morgan fingerprint density at radius 3 is 1.80 bits per heavy atom. The summed E-state index contributed by atoms with van der Waals surface area (Å²) in [4.78, 5) is 66.5. The topological polar surface area (TPSA) is 207 Å². The van der Waals surface area contributed by atoms with E-state index in [0.29, 0.717) is 53.9 Å². The molecule has 2 saturated heterocycles. The maximum Gasteiger partial charge on any atom is 0.310 e. The zero-order valence-corrected chi connectivity index (χ0v) is 34.8. The number of phenols is 1. The van der Waals surface area contributed by atoms with Gasteiger partial charge in [0.25, 0.3) is 0 Å². The van der Waals surface area contributed by atoms with Crippen molar-refractivity contribution < 1.29 is 81.2 Å². The van der Waals surface area contributed by atoms with Gasteiger partial charge in [0.2, 0.25) is 12.5 Å². The van der Waals surface area contributed by atoms with Crippen LogP contribution in [0, 0.1) is 11.8 Å². The van der Waals surface area contributed by atoms with Crippen LogP contribution in [0.25, 0.3) is 0 Å². The number of hydrogen-bond acceptors (Lipinski definition) is 17. The number of phenolic OH excluding ortho intramolecular Hbond substituents is 1. The molecule has 0 radical (unpaired) electrons. The first-order valence-electron chi connectivity index (χ1n) is 20.6. The van der Waals surface area contributed by atoms with Crippen molar-refractivity contribution in [3.05, 3.63) is 41.0 Å². The Hall–Kier alpha value is -5.29. The molecule has 0 spiro atoms. The summed E-state index contributed by atoms with van der Waals surface area (Å²) in [6.07, 6.45) is -6.33. The molecule has 2 aromatic carbocycles. The fraction of sp³-hybridized carbons (Fsp3) is 0.605. The molecule has 4 aliphatic rings. The predicted octanol–water partition coefficient (Wildman–Crippen LogP) is 5.33. The third-order valence-corrected chi connectivity index (χ3v) is 10.9. The van der Waals surface area contributed by atoms with Crippen LogP contribution in [-0.4, -0.2) is 99.9 Å². The molecule has 6 rings (SSSR count). The van der Waals surface area contributed by atoms with Crippen molar-refractivity contribution in [2.75, 3.05) is 34.2 Å². The van der Waals surface area contributed by atoms with E-state index in [1.165, 1.54) is 14.2 Å². The minimum atomic E-state index is -1.55. The molecule has 17 nitrogen and oxygen atoms in total. The average Bonchev–Trinajstić information content (AvgIpc) is 3.85. The third kappa shape index (κ3) is 9.36. The molecule has 328 valence electrons. The molecule has 1 aliphatic carbocycles. The van der Waals surface area contributed by atoms with Crippen molar-refractivity contribution in [1.29, 1.82) is 0 Å². The Labute approximate surface area is 348 Å². The van der Waals surface area contributed by atoms with Gasteiger partial charge in [-0.25, -0.2) is 0 Å². The smallest absolute Gasteiger partial charge is 0.310 e. The predicted molar refractivity (Wildman–Crippen MR) is 206 cm³/mol. The van der Waals surface area contributed by atoms with Crippen molar-refractivity contribution >= 4 is 29.8 Å². The van der Waals surface area contributed by atoms with E-state index in [0.717, 1.165) is 0 Å². The number of fused-ring (bicyclic) bond motifs is 3. The lowest BCUT2D eigenvalue weighted by Crippen LogP contribution is -2.63. The van der Waals surface area contributed by atoms with Gasteiger partial charge in [-0.15, -0.1) is 0 Å². The van der Waals surface area contributed by atoms with E-state index in [4.69, 9.17) is 52.1 Å². The van der Waals surface area contributed by atoms with Crippen molar-refractivity contribution in [2.24, 2.45) is 11.8 Å². The molecule has 0 aromatic heterocycles. The van der Waals surface area contributed by atoms with Crippen LogP contribution in [0.15, 0.2) is 24.3 Å². The summed E-state index contributed by atoms with van der Waals surface area (Å²) in [5.74, 6) is -4.52. The van der Waals surface area contributed by atoms with Crippen LogP contribution in [0.3, 0.4) is 0 Å². The number of ether oxygens (including phenoxy) is 11. The Kier molecular flexibility index (Phi) is 14.6. The molecule has 2 fully saturated rings. The Bertz CT molecular complexity index is 1870. The van der Waals surface area contributed by atoms with Gasteiger partial charge < -0.3 is 57.2 Å². The lowest BCUT2D eigenvalue weighted by Gasteiger charge is -2.47. The van der Waals surface area contributed by atoms with Gasteiger partial charge in [-0.2, -0.15) is 0 Å². The van der Waals surface area contributed by atoms with Crippen molar-refractivity contribution in [2.45, 2.75) is 122 Å². The van der Waals surface area contributed by atoms with Crippen LogP contribution in [-0.2, 0) is 57.1 Å². The van der Waals surface area contributed by atoms with E-state index in [-0.39, 0.29) is 56.3 Å². The maximum absolute atomic E-state index is 13.9. The molecule has 1 N–H and O–H groups in total. The van der Waals surface area contributed by atoms with Gasteiger partial charge in [-0.3, -0.25) is 24.0 Å². The molecule has 17 heteroatoms. The van der Waals surface area contributed by atoms with E-state index in [1.807, 2.05) is 6.92 Å². The van der Waals surface area contributed by atoms with Crippen molar-refractivity contribution in [3.63, 3.8) is 0 Å². The summed E-state index contributed by atoms with van der Waals surface area (Å²) in [5.41, 5.74) is 1.68. The summed E-state index contributed by atoms with van der Waals surface area (Å²) >= 11 is 0. The summed E-state index contributed by atoms with van der Waals surface area (Å²) in [6, 6.07) is 6.73. The molecule has 60 heavy (non-hydrogen) atoms. The molecular weight excluding hydrogens is 788 g/mol. The van der Waals surface area contributed by atoms with Crippen LogP contribution in [0.2, 0.25) is 0 Å². The first-order valence-corrected chi connectivity index (χ1v) is 20.6. The zero-order chi connectivity index (χ0) is 43.1. The highest BCUT2D eigenvalue weighted by molar-refractivity contribution is 5.79. The average molecular weight is 843 g/mol. The summed E-state index contributed by atoms with van der Waals surface area (Å²) in [7, 11) is 2.80. The van der Waals surface area contributed by atoms with Gasteiger partial charge in [0, 0.05) is 37.5 Å². The van der Waals surface area contributed by atoms with Gasteiger partial charge in [-0.05, 0) is 66.6 Å². The first kappa shape index (κ1) is 44.3. The zero-order valence-electron chi connectivity index (χ0n) is 34.8. The first-order chi connectivity index (χ1) is 29.0. The second kappa shape index (κ2) is 19.8. The number of methoxy groups -OCH3 is 2. The van der Waals surface area contributed by atoms with Gasteiger partial charge in [-0.1, -0.05) is 27.7 Å². The van der Waals surface area contributed by atoms with Crippen molar-refractivity contribution in [3.8, 4) is 28.7 Å². The molecule has 3 aliphatic heterocycles. The fourth-order valence-corrected chi connectivity index (χ4v) is 8.14. The number of hydrogen-bond donors (Lipinski definition) is 1. The lowest BCUT2D eigenvalue weighted by molar-refractivity contribution is -0.323. The molecule has 2 aromatic rings. The highest BCUT2D eigenvalue weighted by Crippen LogP contribution is 2.57. The summed E-state index contributed by atoms with van der Waals surface area (Å²) < 4.78 is 65.4. The van der Waals surface area contributed by atoms with Crippen LogP contribution < -0.4 is 18.9 Å². The number of rotatable bonds is 18. The number of cyclic esters (lactones) is 1. The minimum Gasteiger partial charge on any atom is -0.502 e. The largest absolute Gasteiger partial charge is 0.502 e. The second-order valence-electron chi connectivity index (χ2n) is 15.1. The third-order valence-electron chi connectivity index (χ3n) is 10.9. The van der Waals surface area contributed by atoms with Crippen LogP contribution >= 0.6 is 0 Å². The molecule has 0 saturated carbocycles. The van der Waals surface area contributed by atoms with E-state index in [1.54, 1.807) is 45.0 Å². The SMILES string of the molecule is CCCC(=O)OC[C@H]1O[C@H](O[C@@H]2c3cc4c(cc3[C@@H](c3cc(OC)c(O)c(OC)c3)[C@H]3C(=O)OC[C@@H]32)OCO4)[C@H](OC(=O)CCC)[C@@H](OC(=O)CCC)[C@H]1OC(=O)CCC. The van der Waals surface area contributed by atoms with Gasteiger partial charge in [0.1, 0.15) is 12.7 Å². The van der Waals surface area contributed by atoms with E-state index < -0.39 is 91.0 Å². The highest BCUT2D eigenvalue weighted by atomic mass is 16.7. The fourth-order valence-electron chi connectivity index (χ4n) is 8.14. The second-order valence-corrected chi connectivity index (χ2v) is 15.1. The number of esters is 5. The number of benzene rings is 2. The molecule has 0 amide bonds. The normalized spacial score (nSPS) is 26.2. The highest BCUT2D eigenvalue weighted by Gasteiger charge is 2.58. The maximum atomic E-state index is 13.9. The number of aromatic hydroxyl groups is 1. The minimum absolute atomic E-state index is 0.00904.